The van der Waals surface area contributed by atoms with Gasteiger partial charge in [0.15, 0.2) is 11.5 Å². The largest absolute Gasteiger partial charge is 0.504 e. The van der Waals surface area contributed by atoms with Gasteiger partial charge in [0.05, 0.1) is 7.11 Å². The minimum absolute atomic E-state index is 0.194. The van der Waals surface area contributed by atoms with Gasteiger partial charge in [-0.2, -0.15) is 0 Å². The average Bonchev–Trinajstić information content (AvgIpc) is 3.20. The minimum atomic E-state index is 0.194. The molecule has 1 fully saturated rings. The van der Waals surface area contributed by atoms with Crippen LogP contribution < -0.4 is 10.1 Å². The van der Waals surface area contributed by atoms with Gasteiger partial charge in [0.2, 0.25) is 0 Å². The van der Waals surface area contributed by atoms with E-state index in [1.807, 2.05) is 12.1 Å². The van der Waals surface area contributed by atoms with Gasteiger partial charge in [0, 0.05) is 6.04 Å². The summed E-state index contributed by atoms with van der Waals surface area (Å²) in [4.78, 5) is 0. The molecule has 0 heterocycles. The Labute approximate surface area is 109 Å². The number of aromatic hydroxyl groups is 1. The van der Waals surface area contributed by atoms with E-state index in [2.05, 4.69) is 19.2 Å². The number of rotatable bonds is 6. The third-order valence-corrected chi connectivity index (χ3v) is 3.88. The van der Waals surface area contributed by atoms with Crippen molar-refractivity contribution in [2.45, 2.75) is 32.7 Å². The van der Waals surface area contributed by atoms with Crippen molar-refractivity contribution in [2.75, 3.05) is 13.7 Å². The zero-order valence-electron chi connectivity index (χ0n) is 11.4. The van der Waals surface area contributed by atoms with Gasteiger partial charge in [-0.15, -0.1) is 0 Å². The second-order valence-corrected chi connectivity index (χ2v) is 5.38. The molecular weight excluding hydrogens is 226 g/mol. The molecule has 2 N–H and O–H groups in total. The lowest BCUT2D eigenvalue weighted by atomic mass is 10.0. The van der Waals surface area contributed by atoms with Crippen LogP contribution in [-0.2, 0) is 0 Å². The number of hydrogen-bond donors (Lipinski definition) is 2. The summed E-state index contributed by atoms with van der Waals surface area (Å²) in [7, 11) is 1.58. The monoisotopic (exact) mass is 249 g/mol. The number of ether oxygens (including phenoxy) is 1. The molecule has 0 saturated heterocycles. The molecule has 2 rings (SSSR count). The minimum Gasteiger partial charge on any atom is -0.504 e. The Kier molecular flexibility index (Phi) is 4.12. The van der Waals surface area contributed by atoms with Crippen LogP contribution in [0.15, 0.2) is 18.2 Å². The Morgan fingerprint density at radius 1 is 1.39 bits per heavy atom. The zero-order chi connectivity index (χ0) is 13.1. The Bertz CT molecular complexity index is 401. The first-order valence-corrected chi connectivity index (χ1v) is 6.72. The molecule has 1 aliphatic carbocycles. The fraction of sp³-hybridized carbons (Fsp3) is 0.600. The fourth-order valence-corrected chi connectivity index (χ4v) is 2.28. The second-order valence-electron chi connectivity index (χ2n) is 5.38. The summed E-state index contributed by atoms with van der Waals surface area (Å²) in [5, 5.41) is 13.1. The summed E-state index contributed by atoms with van der Waals surface area (Å²) in [6.07, 6.45) is 2.79. The van der Waals surface area contributed by atoms with E-state index in [1.165, 1.54) is 12.8 Å². The van der Waals surface area contributed by atoms with E-state index in [9.17, 15) is 5.11 Å². The second kappa shape index (κ2) is 5.61. The zero-order valence-corrected chi connectivity index (χ0v) is 11.4. The summed E-state index contributed by atoms with van der Waals surface area (Å²) in [6.45, 7) is 5.51. The van der Waals surface area contributed by atoms with E-state index < -0.39 is 0 Å². The first-order valence-electron chi connectivity index (χ1n) is 6.72. The van der Waals surface area contributed by atoms with Crippen LogP contribution in [-0.4, -0.2) is 18.8 Å². The quantitative estimate of drug-likeness (QED) is 0.814. The molecular formula is C15H23NO2. The van der Waals surface area contributed by atoms with Crippen molar-refractivity contribution in [3.05, 3.63) is 23.8 Å². The van der Waals surface area contributed by atoms with Crippen LogP contribution in [0.1, 0.15) is 38.3 Å². The molecule has 0 amide bonds. The maximum Gasteiger partial charge on any atom is 0.160 e. The summed E-state index contributed by atoms with van der Waals surface area (Å²) >= 11 is 0. The van der Waals surface area contributed by atoms with Crippen molar-refractivity contribution in [1.29, 1.82) is 0 Å². The van der Waals surface area contributed by atoms with Crippen LogP contribution in [0.2, 0.25) is 0 Å². The normalized spacial score (nSPS) is 18.4. The van der Waals surface area contributed by atoms with E-state index in [4.69, 9.17) is 4.74 Å². The predicted molar refractivity (Wildman–Crippen MR) is 73.0 cm³/mol. The number of benzene rings is 1. The summed E-state index contributed by atoms with van der Waals surface area (Å²) < 4.78 is 5.13. The molecule has 18 heavy (non-hydrogen) atoms. The Balaban J connectivity index is 1.92. The van der Waals surface area contributed by atoms with E-state index in [1.54, 1.807) is 13.2 Å². The number of hydrogen-bond acceptors (Lipinski definition) is 3. The number of phenolic OH excluding ortho intramolecular Hbond substituents is 1. The van der Waals surface area contributed by atoms with Crippen molar-refractivity contribution < 1.29 is 9.84 Å². The van der Waals surface area contributed by atoms with Gasteiger partial charge in [-0.3, -0.25) is 0 Å². The fourth-order valence-electron chi connectivity index (χ4n) is 2.28. The lowest BCUT2D eigenvalue weighted by Gasteiger charge is -2.18. The Hall–Kier alpha value is -1.22. The first-order chi connectivity index (χ1) is 8.61. The highest BCUT2D eigenvalue weighted by Gasteiger charge is 2.27. The molecule has 1 aromatic carbocycles. The molecule has 0 aromatic heterocycles. The van der Waals surface area contributed by atoms with E-state index in [0.29, 0.717) is 5.75 Å². The standard InChI is InChI=1S/C15H23NO2/c1-10(12-4-5-12)9-16-11(2)13-6-7-14(17)15(8-13)18-3/h6-8,10-12,16-17H,4-5,9H2,1-3H3. The molecule has 2 atom stereocenters. The first kappa shape index (κ1) is 13.2. The third-order valence-electron chi connectivity index (χ3n) is 3.88. The lowest BCUT2D eigenvalue weighted by molar-refractivity contribution is 0.371. The SMILES string of the molecule is COc1cc(C(C)NCC(C)C2CC2)ccc1O. The van der Waals surface area contributed by atoms with Crippen LogP contribution >= 0.6 is 0 Å². The molecule has 0 bridgehead atoms. The topological polar surface area (TPSA) is 41.5 Å². The van der Waals surface area contributed by atoms with Crippen LogP contribution in [0.3, 0.4) is 0 Å². The van der Waals surface area contributed by atoms with Crippen molar-refractivity contribution in [2.24, 2.45) is 11.8 Å². The number of phenols is 1. The van der Waals surface area contributed by atoms with E-state index >= 15 is 0 Å². The van der Waals surface area contributed by atoms with Gasteiger partial charge in [0.25, 0.3) is 0 Å². The highest BCUT2D eigenvalue weighted by atomic mass is 16.5. The van der Waals surface area contributed by atoms with E-state index in [0.717, 1.165) is 23.9 Å². The summed E-state index contributed by atoms with van der Waals surface area (Å²) in [5.41, 5.74) is 1.15. The third kappa shape index (κ3) is 3.16. The number of nitrogens with one attached hydrogen (secondary N) is 1. The molecule has 0 aliphatic heterocycles. The van der Waals surface area contributed by atoms with Crippen molar-refractivity contribution in [3.63, 3.8) is 0 Å². The van der Waals surface area contributed by atoms with Crippen molar-refractivity contribution >= 4 is 0 Å². The van der Waals surface area contributed by atoms with Gasteiger partial charge in [-0.05, 0) is 55.8 Å². The predicted octanol–water partition coefficient (Wildman–Crippen LogP) is 3.10. The van der Waals surface area contributed by atoms with Crippen LogP contribution in [0.5, 0.6) is 11.5 Å². The smallest absolute Gasteiger partial charge is 0.160 e. The maximum atomic E-state index is 9.57. The van der Waals surface area contributed by atoms with Crippen LogP contribution in [0.25, 0.3) is 0 Å². The van der Waals surface area contributed by atoms with Crippen molar-refractivity contribution in [1.82, 2.24) is 5.32 Å². The molecule has 1 saturated carbocycles. The van der Waals surface area contributed by atoms with Crippen LogP contribution in [0, 0.1) is 11.8 Å². The maximum absolute atomic E-state index is 9.57. The Morgan fingerprint density at radius 2 is 2.11 bits per heavy atom. The lowest BCUT2D eigenvalue weighted by Crippen LogP contribution is -2.25. The number of methoxy groups -OCH3 is 1. The highest BCUT2D eigenvalue weighted by molar-refractivity contribution is 5.42. The van der Waals surface area contributed by atoms with Gasteiger partial charge in [-0.1, -0.05) is 13.0 Å². The Morgan fingerprint density at radius 3 is 2.72 bits per heavy atom. The molecule has 1 aliphatic rings. The molecule has 3 heteroatoms. The van der Waals surface area contributed by atoms with Gasteiger partial charge < -0.3 is 15.2 Å². The van der Waals surface area contributed by atoms with Crippen molar-refractivity contribution in [3.8, 4) is 11.5 Å². The summed E-state index contributed by atoms with van der Waals surface area (Å²) in [5.74, 6) is 2.42. The van der Waals surface area contributed by atoms with Gasteiger partial charge in [0.1, 0.15) is 0 Å². The molecule has 0 spiro atoms. The molecule has 0 radical (unpaired) electrons. The molecule has 3 nitrogen and oxygen atoms in total. The van der Waals surface area contributed by atoms with Crippen LogP contribution in [0.4, 0.5) is 0 Å². The molecule has 100 valence electrons. The van der Waals surface area contributed by atoms with Gasteiger partial charge in [-0.25, -0.2) is 0 Å². The average molecular weight is 249 g/mol. The molecule has 1 aromatic rings. The molecule has 2 unspecified atom stereocenters. The van der Waals surface area contributed by atoms with Gasteiger partial charge >= 0.3 is 0 Å². The summed E-state index contributed by atoms with van der Waals surface area (Å²) in [6, 6.07) is 5.81. The van der Waals surface area contributed by atoms with E-state index in [-0.39, 0.29) is 11.8 Å². The highest BCUT2D eigenvalue weighted by Crippen LogP contribution is 2.36.